The molecule has 7 nitrogen and oxygen atoms in total. The minimum atomic E-state index is -0.749. The second-order valence-electron chi connectivity index (χ2n) is 4.51. The van der Waals surface area contributed by atoms with Crippen LogP contribution >= 0.6 is 0 Å². The molecule has 2 aromatic heterocycles. The molecule has 0 amide bonds. The van der Waals surface area contributed by atoms with E-state index in [1.165, 1.54) is 12.1 Å². The maximum absolute atomic E-state index is 13.3. The average molecular weight is 289 g/mol. The van der Waals surface area contributed by atoms with E-state index in [0.29, 0.717) is 12.0 Å². The lowest BCUT2D eigenvalue weighted by Gasteiger charge is -2.03. The van der Waals surface area contributed by atoms with Gasteiger partial charge in [-0.15, -0.1) is 0 Å². The van der Waals surface area contributed by atoms with E-state index in [1.807, 2.05) is 0 Å². The Morgan fingerprint density at radius 2 is 2.29 bits per heavy atom. The van der Waals surface area contributed by atoms with Gasteiger partial charge in [0.1, 0.15) is 0 Å². The average Bonchev–Trinajstić information content (AvgIpc) is 3.12. The third-order valence-electron chi connectivity index (χ3n) is 2.96. The van der Waals surface area contributed by atoms with Gasteiger partial charge in [0.05, 0.1) is 12.4 Å². The van der Waals surface area contributed by atoms with Gasteiger partial charge in [0.15, 0.2) is 11.6 Å². The van der Waals surface area contributed by atoms with Gasteiger partial charge in [-0.2, -0.15) is 4.98 Å². The van der Waals surface area contributed by atoms with Gasteiger partial charge >= 0.3 is 0 Å². The molecule has 0 saturated carbocycles. The van der Waals surface area contributed by atoms with Gasteiger partial charge in [-0.1, -0.05) is 5.16 Å². The Bertz CT molecular complexity index is 741. The number of nitrogens with one attached hydrogen (secondary N) is 1. The van der Waals surface area contributed by atoms with Crippen molar-refractivity contribution >= 4 is 0 Å². The van der Waals surface area contributed by atoms with Crippen molar-refractivity contribution < 1.29 is 14.0 Å². The number of aromatic hydroxyl groups is 1. The van der Waals surface area contributed by atoms with Crippen LogP contribution in [0.25, 0.3) is 11.4 Å². The largest absolute Gasteiger partial charge is 0.505 e. The van der Waals surface area contributed by atoms with Crippen LogP contribution in [0.4, 0.5) is 4.39 Å². The fourth-order valence-corrected chi connectivity index (χ4v) is 1.87. The number of H-pyrrole nitrogens is 1. The summed E-state index contributed by atoms with van der Waals surface area (Å²) in [5.74, 6) is -0.726. The van der Waals surface area contributed by atoms with Crippen molar-refractivity contribution in [2.75, 3.05) is 0 Å². The van der Waals surface area contributed by atoms with Crippen molar-refractivity contribution in [1.82, 2.24) is 20.1 Å². The van der Waals surface area contributed by atoms with Gasteiger partial charge in [-0.05, 0) is 18.2 Å². The first kappa shape index (κ1) is 13.3. The Kier molecular flexibility index (Phi) is 3.36. The summed E-state index contributed by atoms with van der Waals surface area (Å²) in [5, 5.41) is 12.9. The van der Waals surface area contributed by atoms with Crippen molar-refractivity contribution in [1.29, 1.82) is 0 Å². The van der Waals surface area contributed by atoms with Crippen LogP contribution in [0, 0.1) is 5.82 Å². The highest BCUT2D eigenvalue weighted by Crippen LogP contribution is 2.24. The summed E-state index contributed by atoms with van der Waals surface area (Å²) in [5.41, 5.74) is 7.22. The van der Waals surface area contributed by atoms with Crippen LogP contribution in [0.15, 0.2) is 35.2 Å². The number of phenolic OH excluding ortho intramolecular Hbond substituents is 1. The van der Waals surface area contributed by atoms with Crippen molar-refractivity contribution in [2.45, 2.75) is 12.5 Å². The fraction of sp³-hybridized carbons (Fsp3) is 0.154. The molecule has 0 spiro atoms. The van der Waals surface area contributed by atoms with Crippen LogP contribution in [-0.2, 0) is 6.42 Å². The summed E-state index contributed by atoms with van der Waals surface area (Å²) in [6.45, 7) is 0. The number of aromatic amines is 1. The van der Waals surface area contributed by atoms with Gasteiger partial charge in [0.2, 0.25) is 11.7 Å². The molecule has 3 aromatic rings. The molecule has 0 bridgehead atoms. The molecule has 3 rings (SSSR count). The molecule has 0 aliphatic carbocycles. The first-order valence-electron chi connectivity index (χ1n) is 6.19. The zero-order valence-electron chi connectivity index (χ0n) is 10.8. The number of aromatic nitrogens is 4. The zero-order chi connectivity index (χ0) is 14.8. The standard InChI is InChI=1S/C13H12FN5O2/c14-9-3-7(1-2-11(9)20)12-18-13(21-19-12)10(15)4-8-5-16-6-17-8/h1-3,5-6,10,20H,4,15H2,(H,16,17). The van der Waals surface area contributed by atoms with Crippen molar-refractivity contribution in [3.05, 3.63) is 48.1 Å². The molecule has 0 saturated heterocycles. The summed E-state index contributed by atoms with van der Waals surface area (Å²) in [7, 11) is 0. The molecule has 2 heterocycles. The molecule has 1 atom stereocenters. The Labute approximate surface area is 118 Å². The molecule has 0 fully saturated rings. The molecule has 0 aliphatic heterocycles. The van der Waals surface area contributed by atoms with Gasteiger partial charge in [-0.3, -0.25) is 0 Å². The minimum Gasteiger partial charge on any atom is -0.505 e. The number of rotatable bonds is 4. The lowest BCUT2D eigenvalue weighted by atomic mass is 10.1. The van der Waals surface area contributed by atoms with Crippen molar-refractivity contribution in [3.63, 3.8) is 0 Å². The molecule has 108 valence electrons. The number of imidazole rings is 1. The molecule has 0 radical (unpaired) electrons. The molecular weight excluding hydrogens is 277 g/mol. The van der Waals surface area contributed by atoms with E-state index in [-0.39, 0.29) is 11.7 Å². The smallest absolute Gasteiger partial charge is 0.244 e. The molecule has 8 heteroatoms. The predicted molar refractivity (Wildman–Crippen MR) is 70.6 cm³/mol. The van der Waals surface area contributed by atoms with Gasteiger partial charge in [0, 0.05) is 23.9 Å². The maximum Gasteiger partial charge on any atom is 0.244 e. The second kappa shape index (κ2) is 5.33. The number of hydrogen-bond acceptors (Lipinski definition) is 6. The van der Waals surface area contributed by atoms with Crippen molar-refractivity contribution in [2.24, 2.45) is 5.73 Å². The van der Waals surface area contributed by atoms with Crippen molar-refractivity contribution in [3.8, 4) is 17.1 Å². The number of hydrogen-bond donors (Lipinski definition) is 3. The van der Waals surface area contributed by atoms with E-state index in [1.54, 1.807) is 12.5 Å². The third-order valence-corrected chi connectivity index (χ3v) is 2.96. The highest BCUT2D eigenvalue weighted by molar-refractivity contribution is 5.55. The first-order valence-corrected chi connectivity index (χ1v) is 6.19. The summed E-state index contributed by atoms with van der Waals surface area (Å²) in [6.07, 6.45) is 3.68. The van der Waals surface area contributed by atoms with E-state index >= 15 is 0 Å². The number of nitrogens with two attached hydrogens (primary N) is 1. The highest BCUT2D eigenvalue weighted by atomic mass is 19.1. The van der Waals surface area contributed by atoms with E-state index < -0.39 is 17.6 Å². The van der Waals surface area contributed by atoms with Crippen LogP contribution in [0.1, 0.15) is 17.6 Å². The first-order chi connectivity index (χ1) is 10.1. The van der Waals surface area contributed by atoms with Crippen LogP contribution in [0.3, 0.4) is 0 Å². The van der Waals surface area contributed by atoms with E-state index in [0.717, 1.165) is 11.8 Å². The van der Waals surface area contributed by atoms with Crippen LogP contribution in [0.2, 0.25) is 0 Å². The van der Waals surface area contributed by atoms with Crippen LogP contribution in [-0.4, -0.2) is 25.2 Å². The maximum atomic E-state index is 13.3. The quantitative estimate of drug-likeness (QED) is 0.671. The third kappa shape index (κ3) is 2.75. The predicted octanol–water partition coefficient (Wildman–Crippen LogP) is 1.55. The van der Waals surface area contributed by atoms with E-state index in [9.17, 15) is 4.39 Å². The molecule has 1 aromatic carbocycles. The summed E-state index contributed by atoms with van der Waals surface area (Å²) in [6, 6.07) is 3.36. The van der Waals surface area contributed by atoms with E-state index in [4.69, 9.17) is 15.4 Å². The SMILES string of the molecule is NC(Cc1cnc[nH]1)c1nc(-c2ccc(O)c(F)c2)no1. The summed E-state index contributed by atoms with van der Waals surface area (Å²) in [4.78, 5) is 11.0. The Morgan fingerprint density at radius 3 is 3.00 bits per heavy atom. The number of nitrogens with zero attached hydrogens (tertiary/aromatic N) is 3. The number of benzene rings is 1. The molecule has 21 heavy (non-hydrogen) atoms. The van der Waals surface area contributed by atoms with Gasteiger partial charge in [-0.25, -0.2) is 9.37 Å². The van der Waals surface area contributed by atoms with Crippen LogP contribution in [0.5, 0.6) is 5.75 Å². The normalized spacial score (nSPS) is 12.5. The Morgan fingerprint density at radius 1 is 1.43 bits per heavy atom. The highest BCUT2D eigenvalue weighted by Gasteiger charge is 2.17. The summed E-state index contributed by atoms with van der Waals surface area (Å²) < 4.78 is 18.4. The number of halogens is 1. The molecule has 0 aliphatic rings. The van der Waals surface area contributed by atoms with E-state index in [2.05, 4.69) is 20.1 Å². The number of phenols is 1. The minimum absolute atomic E-state index is 0.212. The van der Waals surface area contributed by atoms with Gasteiger partial charge < -0.3 is 20.3 Å². The molecule has 4 N–H and O–H groups in total. The lowest BCUT2D eigenvalue weighted by Crippen LogP contribution is -2.13. The topological polar surface area (TPSA) is 114 Å². The van der Waals surface area contributed by atoms with Gasteiger partial charge in [0.25, 0.3) is 0 Å². The monoisotopic (exact) mass is 289 g/mol. The molecular formula is C13H12FN5O2. The zero-order valence-corrected chi connectivity index (χ0v) is 10.8. The fourth-order valence-electron chi connectivity index (χ4n) is 1.87. The molecule has 1 unspecified atom stereocenters. The lowest BCUT2D eigenvalue weighted by molar-refractivity contribution is 0.354. The second-order valence-corrected chi connectivity index (χ2v) is 4.51. The Hall–Kier alpha value is -2.74. The Balaban J connectivity index is 1.80. The summed E-state index contributed by atoms with van der Waals surface area (Å²) >= 11 is 0. The van der Waals surface area contributed by atoms with Crippen LogP contribution < -0.4 is 5.73 Å².